The van der Waals surface area contributed by atoms with E-state index >= 15 is 0 Å². The van der Waals surface area contributed by atoms with Crippen LogP contribution in [-0.2, 0) is 35.2 Å². The van der Waals surface area contributed by atoms with E-state index in [0.29, 0.717) is 0 Å². The Labute approximate surface area is 174 Å². The molecule has 0 aliphatic carbocycles. The molecule has 0 aliphatic rings. The molecule has 0 saturated heterocycles. The Kier molecular flexibility index (Phi) is 9.76. The molecule has 2 amide bonds. The number of benzene rings is 1. The molecule has 0 saturated carbocycles. The van der Waals surface area contributed by atoms with Crippen LogP contribution in [0.1, 0.15) is 32.8 Å². The van der Waals surface area contributed by atoms with Crippen LogP contribution in [0.5, 0.6) is 0 Å². The molecular weight excluding hydrogens is 396 g/mol. The summed E-state index contributed by atoms with van der Waals surface area (Å²) in [6.45, 7) is 4.18. The third-order valence-electron chi connectivity index (χ3n) is 3.59. The topological polar surface area (TPSA) is 140 Å². The molecule has 0 aliphatic heterocycles. The lowest BCUT2D eigenvalue weighted by molar-refractivity contribution is -0.149. The second kappa shape index (κ2) is 11.8. The van der Waals surface area contributed by atoms with Gasteiger partial charge in [-0.25, -0.2) is 14.4 Å². The zero-order chi connectivity index (χ0) is 22.7. The van der Waals surface area contributed by atoms with Gasteiger partial charge in [0.15, 0.2) is 6.04 Å². The van der Waals surface area contributed by atoms with E-state index in [1.54, 1.807) is 51.1 Å². The molecule has 1 aromatic carbocycles. The number of ether oxygens (including phenoxy) is 3. The first-order valence-electron chi connectivity index (χ1n) is 9.24. The molecule has 0 fully saturated rings. The highest BCUT2D eigenvalue weighted by molar-refractivity contribution is 5.90. The number of carbonyl (C=O) groups is 4. The second-order valence-electron chi connectivity index (χ2n) is 7.32. The molecule has 3 N–H and O–H groups in total. The van der Waals surface area contributed by atoms with Gasteiger partial charge in [-0.05, 0) is 26.3 Å². The number of nitrogens with one attached hydrogen (secondary N) is 2. The van der Waals surface area contributed by atoms with Crippen molar-refractivity contribution in [3.8, 4) is 0 Å². The van der Waals surface area contributed by atoms with E-state index in [1.807, 2.05) is 0 Å². The number of esters is 2. The highest BCUT2D eigenvalue weighted by atomic mass is 16.6. The summed E-state index contributed by atoms with van der Waals surface area (Å²) in [5.74, 6) is -2.50. The summed E-state index contributed by atoms with van der Waals surface area (Å²) in [5, 5.41) is 13.7. The highest BCUT2D eigenvalue weighted by Crippen LogP contribution is 2.09. The van der Waals surface area contributed by atoms with E-state index in [-0.39, 0.29) is 6.61 Å². The Bertz CT molecular complexity index is 730. The van der Waals surface area contributed by atoms with Crippen LogP contribution in [0.4, 0.5) is 4.79 Å². The van der Waals surface area contributed by atoms with Crippen molar-refractivity contribution in [2.75, 3.05) is 13.7 Å². The number of aliphatic hydroxyl groups excluding tert-OH is 1. The minimum atomic E-state index is -1.37. The molecule has 0 spiro atoms. The Balaban J connectivity index is 2.82. The van der Waals surface area contributed by atoms with Gasteiger partial charge in [-0.15, -0.1) is 0 Å². The summed E-state index contributed by atoms with van der Waals surface area (Å²) in [6.07, 6.45) is -1.45. The van der Waals surface area contributed by atoms with Crippen LogP contribution in [0.25, 0.3) is 0 Å². The van der Waals surface area contributed by atoms with Gasteiger partial charge in [0, 0.05) is 0 Å². The highest BCUT2D eigenvalue weighted by Gasteiger charge is 2.29. The Morgan fingerprint density at radius 1 is 1.00 bits per heavy atom. The van der Waals surface area contributed by atoms with Gasteiger partial charge in [-0.3, -0.25) is 4.79 Å². The van der Waals surface area contributed by atoms with E-state index < -0.39 is 54.7 Å². The molecule has 0 heterocycles. The first-order chi connectivity index (χ1) is 14.1. The van der Waals surface area contributed by atoms with Crippen LogP contribution < -0.4 is 10.6 Å². The van der Waals surface area contributed by atoms with Gasteiger partial charge < -0.3 is 30.0 Å². The lowest BCUT2D eigenvalue weighted by atomic mass is 10.1. The molecule has 10 heteroatoms. The predicted octanol–water partition coefficient (Wildman–Crippen LogP) is 0.663. The number of hydrogen-bond acceptors (Lipinski definition) is 8. The lowest BCUT2D eigenvalue weighted by Crippen LogP contribution is -2.49. The molecule has 166 valence electrons. The van der Waals surface area contributed by atoms with Crippen molar-refractivity contribution < 1.29 is 38.5 Å². The van der Waals surface area contributed by atoms with Gasteiger partial charge in [0.05, 0.1) is 20.1 Å². The van der Waals surface area contributed by atoms with Crippen molar-refractivity contribution in [2.45, 2.75) is 51.5 Å². The molecule has 30 heavy (non-hydrogen) atoms. The SMILES string of the molecule is COC(=O)C(CO)NC(=O)C[C@@H](NC(=O)OC(C)(C)C)C(=O)OCc1ccccc1. The Morgan fingerprint density at radius 3 is 2.17 bits per heavy atom. The minimum absolute atomic E-state index is 0.0603. The number of hydrogen-bond donors (Lipinski definition) is 3. The van der Waals surface area contributed by atoms with Crippen molar-refractivity contribution >= 4 is 23.9 Å². The van der Waals surface area contributed by atoms with Crippen molar-refractivity contribution in [1.82, 2.24) is 10.6 Å². The van der Waals surface area contributed by atoms with Gasteiger partial charge in [0.25, 0.3) is 0 Å². The molecule has 2 atom stereocenters. The predicted molar refractivity (Wildman–Crippen MR) is 105 cm³/mol. The van der Waals surface area contributed by atoms with Crippen molar-refractivity contribution in [2.24, 2.45) is 0 Å². The third-order valence-corrected chi connectivity index (χ3v) is 3.59. The van der Waals surface area contributed by atoms with Crippen LogP contribution >= 0.6 is 0 Å². The number of rotatable bonds is 9. The average Bonchev–Trinajstić information content (AvgIpc) is 2.68. The van der Waals surface area contributed by atoms with Gasteiger partial charge >= 0.3 is 18.0 Å². The summed E-state index contributed by atoms with van der Waals surface area (Å²) in [6, 6.07) is 6.17. The molecular formula is C20H28N2O8. The fraction of sp³-hybridized carbons (Fsp3) is 0.500. The summed E-state index contributed by atoms with van der Waals surface area (Å²) in [5.41, 5.74) is -0.102. The maximum Gasteiger partial charge on any atom is 0.408 e. The second-order valence-corrected chi connectivity index (χ2v) is 7.32. The summed E-state index contributed by atoms with van der Waals surface area (Å²) >= 11 is 0. The molecule has 1 rings (SSSR count). The maximum atomic E-state index is 12.5. The Hall–Kier alpha value is -3.14. The largest absolute Gasteiger partial charge is 0.467 e. The number of alkyl carbamates (subject to hydrolysis) is 1. The van der Waals surface area contributed by atoms with Crippen LogP contribution in [0.3, 0.4) is 0 Å². The standard InChI is InChI=1S/C20H28N2O8/c1-20(2,3)30-19(27)22-14(10-16(24)21-15(11-23)17(25)28-4)18(26)29-12-13-8-6-5-7-9-13/h5-9,14-15,23H,10-12H2,1-4H3,(H,21,24)(H,22,27)/t14-,15?/m1/s1. The van der Waals surface area contributed by atoms with E-state index in [4.69, 9.17) is 9.47 Å². The zero-order valence-electron chi connectivity index (χ0n) is 17.5. The van der Waals surface area contributed by atoms with E-state index in [9.17, 15) is 24.3 Å². The first kappa shape index (κ1) is 24.9. The maximum absolute atomic E-state index is 12.5. The van der Waals surface area contributed by atoms with Crippen molar-refractivity contribution in [3.05, 3.63) is 35.9 Å². The minimum Gasteiger partial charge on any atom is -0.467 e. The number of methoxy groups -OCH3 is 1. The van der Waals surface area contributed by atoms with Gasteiger partial charge in [-0.1, -0.05) is 30.3 Å². The average molecular weight is 424 g/mol. The van der Waals surface area contributed by atoms with Crippen LogP contribution in [-0.4, -0.2) is 60.4 Å². The van der Waals surface area contributed by atoms with E-state index in [0.717, 1.165) is 12.7 Å². The summed E-state index contributed by atoms with van der Waals surface area (Å²) in [4.78, 5) is 48.3. The van der Waals surface area contributed by atoms with Crippen molar-refractivity contribution in [1.29, 1.82) is 0 Å². The van der Waals surface area contributed by atoms with E-state index in [2.05, 4.69) is 15.4 Å². The van der Waals surface area contributed by atoms with Crippen LogP contribution in [0.15, 0.2) is 30.3 Å². The lowest BCUT2D eigenvalue weighted by Gasteiger charge is -2.23. The van der Waals surface area contributed by atoms with Crippen LogP contribution in [0, 0.1) is 0 Å². The molecule has 1 unspecified atom stereocenters. The van der Waals surface area contributed by atoms with Gasteiger partial charge in [0.2, 0.25) is 5.91 Å². The van der Waals surface area contributed by atoms with E-state index in [1.165, 1.54) is 0 Å². The number of amides is 2. The summed E-state index contributed by atoms with van der Waals surface area (Å²) in [7, 11) is 1.10. The van der Waals surface area contributed by atoms with Gasteiger partial charge in [0.1, 0.15) is 18.2 Å². The monoisotopic (exact) mass is 424 g/mol. The Morgan fingerprint density at radius 2 is 1.63 bits per heavy atom. The van der Waals surface area contributed by atoms with Gasteiger partial charge in [-0.2, -0.15) is 0 Å². The first-order valence-corrected chi connectivity index (χ1v) is 9.24. The fourth-order valence-electron chi connectivity index (χ4n) is 2.23. The number of carbonyl (C=O) groups excluding carboxylic acids is 4. The molecule has 0 bridgehead atoms. The zero-order valence-corrected chi connectivity index (χ0v) is 17.5. The van der Waals surface area contributed by atoms with Crippen molar-refractivity contribution in [3.63, 3.8) is 0 Å². The summed E-state index contributed by atoms with van der Waals surface area (Å²) < 4.78 is 14.8. The van der Waals surface area contributed by atoms with Crippen LogP contribution in [0.2, 0.25) is 0 Å². The molecule has 1 aromatic rings. The quantitative estimate of drug-likeness (QED) is 0.388. The smallest absolute Gasteiger partial charge is 0.408 e. The third kappa shape index (κ3) is 9.37. The normalized spacial score (nSPS) is 12.8. The molecule has 0 aromatic heterocycles. The number of aliphatic hydroxyl groups is 1. The molecule has 10 nitrogen and oxygen atoms in total. The fourth-order valence-corrected chi connectivity index (χ4v) is 2.23. The molecule has 0 radical (unpaired) electrons.